The lowest BCUT2D eigenvalue weighted by molar-refractivity contribution is -0.114. The Morgan fingerprint density at radius 3 is 1.96 bits per heavy atom. The second-order valence-corrected chi connectivity index (χ2v) is 11.0. The minimum absolute atomic E-state index is 0.000234. The van der Waals surface area contributed by atoms with Crippen LogP contribution in [0.25, 0.3) is 6.08 Å². The average Bonchev–Trinajstić information content (AvgIpc) is 3.05. The van der Waals surface area contributed by atoms with E-state index in [0.717, 1.165) is 21.7 Å². The zero-order valence-corrected chi connectivity index (χ0v) is 26.5. The van der Waals surface area contributed by atoms with Crippen molar-refractivity contribution in [2.24, 2.45) is 0 Å². The lowest BCUT2D eigenvalue weighted by Crippen LogP contribution is -2.30. The quantitative estimate of drug-likeness (QED) is 0.122. The molecular weight excluding hydrogens is 590 g/mol. The van der Waals surface area contributed by atoms with Gasteiger partial charge in [-0.15, -0.1) is 11.8 Å². The molecule has 45 heavy (non-hydrogen) atoms. The maximum atomic E-state index is 13.5. The second kappa shape index (κ2) is 15.5. The molecule has 0 heterocycles. The summed E-state index contributed by atoms with van der Waals surface area (Å²) in [7, 11) is 4.49. The van der Waals surface area contributed by atoms with E-state index >= 15 is 0 Å². The first-order valence-electron chi connectivity index (χ1n) is 14.0. The van der Waals surface area contributed by atoms with Gasteiger partial charge in [0.2, 0.25) is 11.7 Å². The van der Waals surface area contributed by atoms with Crippen LogP contribution in [0.2, 0.25) is 0 Å². The number of aryl methyl sites for hydroxylation is 2. The van der Waals surface area contributed by atoms with E-state index in [4.69, 9.17) is 14.2 Å². The van der Waals surface area contributed by atoms with Gasteiger partial charge in [0.05, 0.1) is 27.1 Å². The third-order valence-corrected chi connectivity index (χ3v) is 7.77. The highest BCUT2D eigenvalue weighted by atomic mass is 32.2. The fraction of sp³-hybridized carbons (Fsp3) is 0.171. The summed E-state index contributed by atoms with van der Waals surface area (Å²) in [5, 5.41) is 8.55. The number of nitrogens with one attached hydrogen (secondary N) is 3. The van der Waals surface area contributed by atoms with Gasteiger partial charge >= 0.3 is 0 Å². The average molecular weight is 626 g/mol. The number of hydrogen-bond donors (Lipinski definition) is 3. The number of methoxy groups -OCH3 is 3. The Morgan fingerprint density at radius 1 is 0.756 bits per heavy atom. The molecule has 0 aliphatic rings. The molecule has 4 aromatic rings. The predicted molar refractivity (Wildman–Crippen MR) is 178 cm³/mol. The van der Waals surface area contributed by atoms with Crippen LogP contribution in [-0.2, 0) is 9.59 Å². The number of para-hydroxylation sites is 1. The molecule has 4 rings (SSSR count). The van der Waals surface area contributed by atoms with Crippen LogP contribution < -0.4 is 30.2 Å². The van der Waals surface area contributed by atoms with E-state index < -0.39 is 11.8 Å². The van der Waals surface area contributed by atoms with Crippen molar-refractivity contribution in [3.05, 3.63) is 113 Å². The van der Waals surface area contributed by atoms with Crippen LogP contribution in [0.1, 0.15) is 27.0 Å². The van der Waals surface area contributed by atoms with Crippen LogP contribution in [0.5, 0.6) is 17.2 Å². The Bertz CT molecular complexity index is 1660. The van der Waals surface area contributed by atoms with Crippen molar-refractivity contribution in [2.45, 2.75) is 18.7 Å². The first-order valence-corrected chi connectivity index (χ1v) is 15.0. The summed E-state index contributed by atoms with van der Waals surface area (Å²) in [6.07, 6.45) is 1.53. The number of ether oxygens (including phenoxy) is 3. The number of benzene rings is 4. The minimum Gasteiger partial charge on any atom is -0.493 e. The summed E-state index contributed by atoms with van der Waals surface area (Å²) >= 11 is 1.38. The van der Waals surface area contributed by atoms with Gasteiger partial charge in [0.15, 0.2) is 11.5 Å². The molecule has 0 fully saturated rings. The van der Waals surface area contributed by atoms with Crippen molar-refractivity contribution in [3.63, 3.8) is 0 Å². The number of carbonyl (C=O) groups is 3. The second-order valence-electron chi connectivity index (χ2n) is 9.92. The molecule has 0 bridgehead atoms. The van der Waals surface area contributed by atoms with Crippen LogP contribution >= 0.6 is 11.8 Å². The van der Waals surface area contributed by atoms with Gasteiger partial charge in [-0.1, -0.05) is 36.4 Å². The number of carbonyl (C=O) groups excluding carboxylic acids is 3. The molecule has 9 nitrogen and oxygen atoms in total. The Morgan fingerprint density at radius 2 is 1.38 bits per heavy atom. The van der Waals surface area contributed by atoms with E-state index in [1.807, 2.05) is 44.2 Å². The summed E-state index contributed by atoms with van der Waals surface area (Å²) < 4.78 is 16.3. The summed E-state index contributed by atoms with van der Waals surface area (Å²) in [5.74, 6) is 0.327. The van der Waals surface area contributed by atoms with Gasteiger partial charge in [-0.2, -0.15) is 0 Å². The van der Waals surface area contributed by atoms with Gasteiger partial charge in [-0.05, 0) is 85.1 Å². The molecule has 0 spiro atoms. The Balaban J connectivity index is 1.50. The van der Waals surface area contributed by atoms with Gasteiger partial charge in [0, 0.05) is 21.8 Å². The first kappa shape index (κ1) is 32.7. The zero-order valence-electron chi connectivity index (χ0n) is 25.7. The van der Waals surface area contributed by atoms with E-state index in [1.54, 1.807) is 54.6 Å². The lowest BCUT2D eigenvalue weighted by atomic mass is 10.1. The number of hydrogen-bond acceptors (Lipinski definition) is 7. The molecule has 0 aliphatic heterocycles. The highest BCUT2D eigenvalue weighted by Gasteiger charge is 2.18. The third kappa shape index (κ3) is 8.67. The van der Waals surface area contributed by atoms with Crippen molar-refractivity contribution in [3.8, 4) is 17.2 Å². The van der Waals surface area contributed by atoms with Crippen molar-refractivity contribution in [2.75, 3.05) is 37.7 Å². The van der Waals surface area contributed by atoms with Gasteiger partial charge in [0.1, 0.15) is 5.70 Å². The molecule has 3 N–H and O–H groups in total. The van der Waals surface area contributed by atoms with E-state index in [1.165, 1.54) is 39.2 Å². The standard InChI is InChI=1S/C35H35N3O6S/c1-22-10-9-11-23(2)32(22)38-31(39)21-45-27-16-14-26(15-17-27)36-35(41)28(37-34(40)25-12-7-6-8-13-25)18-24-19-29(42-3)33(44-5)30(20-24)43-4/h6-20H,21H2,1-5H3,(H,36,41)(H,37,40)(H,38,39)/b28-18-. The van der Waals surface area contributed by atoms with E-state index in [2.05, 4.69) is 16.0 Å². The molecular formula is C35H35N3O6S. The van der Waals surface area contributed by atoms with E-state index in [9.17, 15) is 14.4 Å². The maximum absolute atomic E-state index is 13.5. The monoisotopic (exact) mass is 625 g/mol. The Hall–Kier alpha value is -5.22. The highest BCUT2D eigenvalue weighted by molar-refractivity contribution is 8.00. The zero-order chi connectivity index (χ0) is 32.3. The lowest BCUT2D eigenvalue weighted by Gasteiger charge is -2.15. The van der Waals surface area contributed by atoms with E-state index in [-0.39, 0.29) is 17.4 Å². The van der Waals surface area contributed by atoms with Crippen LogP contribution in [-0.4, -0.2) is 44.8 Å². The number of thioether (sulfide) groups is 1. The maximum Gasteiger partial charge on any atom is 0.272 e. The fourth-order valence-electron chi connectivity index (χ4n) is 4.46. The Labute approximate surface area is 267 Å². The molecule has 10 heteroatoms. The molecule has 0 saturated carbocycles. The molecule has 3 amide bonds. The summed E-state index contributed by atoms with van der Waals surface area (Å²) in [6, 6.07) is 24.9. The predicted octanol–water partition coefficient (Wildman–Crippen LogP) is 6.47. The van der Waals surface area contributed by atoms with Crippen LogP contribution in [0.4, 0.5) is 11.4 Å². The molecule has 0 atom stereocenters. The summed E-state index contributed by atoms with van der Waals surface area (Å²) in [6.45, 7) is 3.92. The van der Waals surface area contributed by atoms with Crippen molar-refractivity contribution < 1.29 is 28.6 Å². The van der Waals surface area contributed by atoms with Gasteiger partial charge in [0.25, 0.3) is 11.8 Å². The first-order chi connectivity index (χ1) is 21.7. The highest BCUT2D eigenvalue weighted by Crippen LogP contribution is 2.38. The summed E-state index contributed by atoms with van der Waals surface area (Å²) in [5.41, 5.74) is 4.28. The molecule has 0 radical (unpaired) electrons. The number of rotatable bonds is 12. The van der Waals surface area contributed by atoms with Crippen molar-refractivity contribution in [1.82, 2.24) is 5.32 Å². The van der Waals surface area contributed by atoms with Crippen molar-refractivity contribution in [1.29, 1.82) is 0 Å². The molecule has 0 aromatic heterocycles. The Kier molecular flexibility index (Phi) is 11.3. The van der Waals surface area contributed by atoms with Gasteiger partial charge < -0.3 is 30.2 Å². The van der Waals surface area contributed by atoms with Gasteiger partial charge in [-0.25, -0.2) is 0 Å². The van der Waals surface area contributed by atoms with Crippen LogP contribution in [0, 0.1) is 13.8 Å². The molecule has 0 aliphatic carbocycles. The van der Waals surface area contributed by atoms with Crippen LogP contribution in [0.3, 0.4) is 0 Å². The molecule has 232 valence electrons. The normalized spacial score (nSPS) is 10.9. The third-order valence-electron chi connectivity index (χ3n) is 6.75. The van der Waals surface area contributed by atoms with E-state index in [0.29, 0.717) is 34.1 Å². The van der Waals surface area contributed by atoms with Crippen LogP contribution in [0.15, 0.2) is 95.5 Å². The SMILES string of the molecule is COc1cc(/C=C(\NC(=O)c2ccccc2)C(=O)Nc2ccc(SCC(=O)Nc3c(C)cccc3C)cc2)cc(OC)c1OC. The minimum atomic E-state index is -0.540. The topological polar surface area (TPSA) is 115 Å². The van der Waals surface area contributed by atoms with Crippen molar-refractivity contribution >= 4 is 46.9 Å². The number of anilines is 2. The summed E-state index contributed by atoms with van der Waals surface area (Å²) in [4.78, 5) is 40.0. The molecule has 0 saturated heterocycles. The smallest absolute Gasteiger partial charge is 0.272 e. The fourth-order valence-corrected chi connectivity index (χ4v) is 5.16. The molecule has 0 unspecified atom stereocenters. The molecule has 4 aromatic carbocycles. The number of amides is 3. The van der Waals surface area contributed by atoms with Gasteiger partial charge in [-0.3, -0.25) is 14.4 Å². The largest absolute Gasteiger partial charge is 0.493 e.